The van der Waals surface area contributed by atoms with Gasteiger partial charge in [0, 0.05) is 30.6 Å². The van der Waals surface area contributed by atoms with Gasteiger partial charge in [-0.05, 0) is 70.6 Å². The zero-order valence-corrected chi connectivity index (χ0v) is 19.9. The van der Waals surface area contributed by atoms with Crippen LogP contribution in [0.2, 0.25) is 0 Å². The third-order valence-corrected chi connectivity index (χ3v) is 8.38. The van der Waals surface area contributed by atoms with E-state index < -0.39 is 23.5 Å². The van der Waals surface area contributed by atoms with Gasteiger partial charge in [0.15, 0.2) is 5.65 Å². The molecule has 2 aromatic rings. The quantitative estimate of drug-likeness (QED) is 0.613. The number of fused-ring (bicyclic) bond motifs is 2. The summed E-state index contributed by atoms with van der Waals surface area (Å²) < 4.78 is 41.3. The summed E-state index contributed by atoms with van der Waals surface area (Å²) in [5, 5.41) is 14.8. The lowest BCUT2D eigenvalue weighted by Crippen LogP contribution is -2.47. The molecule has 186 valence electrons. The third kappa shape index (κ3) is 4.05. The number of aryl methyl sites for hydroxylation is 1. The Balaban J connectivity index is 1.55. The van der Waals surface area contributed by atoms with Crippen molar-refractivity contribution in [1.82, 2.24) is 14.6 Å². The van der Waals surface area contributed by atoms with Crippen LogP contribution < -0.4 is 4.90 Å². The number of aromatic nitrogens is 3. The van der Waals surface area contributed by atoms with Crippen molar-refractivity contribution in [3.63, 3.8) is 0 Å². The lowest BCUT2D eigenvalue weighted by molar-refractivity contribution is -0.182. The van der Waals surface area contributed by atoms with Gasteiger partial charge < -0.3 is 10.0 Å². The summed E-state index contributed by atoms with van der Waals surface area (Å²) in [6.07, 6.45) is 1.50. The number of carboxylic acid groups (broad SMARTS) is 1. The number of rotatable bonds is 3. The predicted octanol–water partition coefficient (Wildman–Crippen LogP) is 5.70. The molecule has 6 nitrogen and oxygen atoms in total. The molecule has 1 aliphatic heterocycles. The Morgan fingerprint density at radius 2 is 1.91 bits per heavy atom. The van der Waals surface area contributed by atoms with E-state index in [1.165, 1.54) is 0 Å². The molecular formula is C25H33F3N4O2. The van der Waals surface area contributed by atoms with E-state index in [0.717, 1.165) is 60.6 Å². The number of alkyl halides is 3. The maximum Gasteiger partial charge on any atom is 0.391 e. The second-order valence-corrected chi connectivity index (χ2v) is 10.9. The van der Waals surface area contributed by atoms with Gasteiger partial charge in [-0.15, -0.1) is 0 Å². The number of piperidine rings is 1. The van der Waals surface area contributed by atoms with Crippen LogP contribution in [0.1, 0.15) is 94.0 Å². The normalized spacial score (nSPS) is 30.4. The fourth-order valence-electron chi connectivity index (χ4n) is 6.30. The molecule has 2 fully saturated rings. The third-order valence-electron chi connectivity index (χ3n) is 8.38. The molecule has 0 radical (unpaired) electrons. The second-order valence-electron chi connectivity index (χ2n) is 10.9. The fraction of sp³-hybridized carbons (Fsp3) is 0.720. The summed E-state index contributed by atoms with van der Waals surface area (Å²) in [4.78, 5) is 19.1. The van der Waals surface area contributed by atoms with Crippen molar-refractivity contribution < 1.29 is 23.1 Å². The average molecular weight is 479 g/mol. The van der Waals surface area contributed by atoms with E-state index in [0.29, 0.717) is 31.7 Å². The molecule has 1 N–H and O–H groups in total. The van der Waals surface area contributed by atoms with Gasteiger partial charge in [0.25, 0.3) is 0 Å². The van der Waals surface area contributed by atoms with E-state index in [-0.39, 0.29) is 18.8 Å². The largest absolute Gasteiger partial charge is 0.481 e. The zero-order valence-electron chi connectivity index (χ0n) is 19.9. The summed E-state index contributed by atoms with van der Waals surface area (Å²) in [6.45, 7) is 5.17. The van der Waals surface area contributed by atoms with Crippen LogP contribution in [0.3, 0.4) is 0 Å². The molecule has 34 heavy (non-hydrogen) atoms. The van der Waals surface area contributed by atoms with Crippen molar-refractivity contribution in [2.45, 2.75) is 89.6 Å². The first-order valence-electron chi connectivity index (χ1n) is 12.5. The Hall–Kier alpha value is -2.32. The van der Waals surface area contributed by atoms with Crippen molar-refractivity contribution in [2.24, 2.45) is 11.3 Å². The van der Waals surface area contributed by atoms with Crippen molar-refractivity contribution >= 4 is 17.4 Å². The molecule has 1 saturated heterocycles. The van der Waals surface area contributed by atoms with Crippen LogP contribution in [0.15, 0.2) is 6.07 Å². The molecule has 0 spiro atoms. The van der Waals surface area contributed by atoms with Crippen molar-refractivity contribution in [2.75, 3.05) is 18.0 Å². The topological polar surface area (TPSA) is 70.7 Å². The molecule has 1 saturated carbocycles. The average Bonchev–Trinajstić information content (AvgIpc) is 3.21. The van der Waals surface area contributed by atoms with Gasteiger partial charge in [0.05, 0.1) is 22.7 Å². The molecule has 3 heterocycles. The number of halogens is 3. The minimum Gasteiger partial charge on any atom is -0.481 e. The summed E-state index contributed by atoms with van der Waals surface area (Å²) in [5.41, 5.74) is 2.91. The Morgan fingerprint density at radius 3 is 2.59 bits per heavy atom. The highest BCUT2D eigenvalue weighted by Gasteiger charge is 2.43. The molecule has 3 aliphatic rings. The number of nitrogens with zero attached hydrogens (tertiary/aromatic N) is 4. The van der Waals surface area contributed by atoms with Crippen LogP contribution in [-0.4, -0.2) is 44.9 Å². The number of anilines is 1. The maximum atomic E-state index is 13.1. The molecule has 0 aromatic carbocycles. The molecule has 9 heteroatoms. The maximum absolute atomic E-state index is 13.1. The molecule has 2 aromatic heterocycles. The molecule has 0 amide bonds. The standard InChI is InChI=1S/C25H33F3N4O2/c1-15-5-3-6-18-21(15)22(31-12-4-11-24(2,14-31)23(33)34)32-20(29-18)13-19(30-32)16-7-9-17(10-8-16)25(26,27)28/h13,15-17H,3-12,14H2,1-2H3,(H,33,34)/t15-,16-,17-,24+/m0/s1. The monoisotopic (exact) mass is 478 g/mol. The lowest BCUT2D eigenvalue weighted by atomic mass is 9.80. The Kier molecular flexibility index (Phi) is 5.80. The van der Waals surface area contributed by atoms with E-state index >= 15 is 0 Å². The van der Waals surface area contributed by atoms with E-state index in [1.807, 2.05) is 17.5 Å². The van der Waals surface area contributed by atoms with E-state index in [1.54, 1.807) is 0 Å². The van der Waals surface area contributed by atoms with Crippen molar-refractivity contribution in [1.29, 1.82) is 0 Å². The summed E-state index contributed by atoms with van der Waals surface area (Å²) >= 11 is 0. The minimum atomic E-state index is -4.13. The smallest absolute Gasteiger partial charge is 0.391 e. The Labute approximate surface area is 197 Å². The fourth-order valence-corrected chi connectivity index (χ4v) is 6.30. The highest BCUT2D eigenvalue weighted by Crippen LogP contribution is 2.44. The minimum absolute atomic E-state index is 0.00626. The SMILES string of the molecule is C[C@H]1CCCc2nc3cc([C@H]4CC[C@H](C(F)(F)F)CC4)nn3c(N3CCC[C@@](C)(C(=O)O)C3)c21. The van der Waals surface area contributed by atoms with E-state index in [2.05, 4.69) is 11.8 Å². The van der Waals surface area contributed by atoms with E-state index in [9.17, 15) is 23.1 Å². The Bertz CT molecular complexity index is 1090. The number of carbonyl (C=O) groups is 1. The second kappa shape index (κ2) is 8.41. The lowest BCUT2D eigenvalue weighted by Gasteiger charge is -2.40. The molecular weight excluding hydrogens is 445 g/mol. The van der Waals surface area contributed by atoms with Crippen LogP contribution in [0, 0.1) is 11.3 Å². The van der Waals surface area contributed by atoms with Gasteiger partial charge >= 0.3 is 12.1 Å². The van der Waals surface area contributed by atoms with Crippen LogP contribution in [0.5, 0.6) is 0 Å². The van der Waals surface area contributed by atoms with Gasteiger partial charge in [-0.2, -0.15) is 22.8 Å². The first-order chi connectivity index (χ1) is 16.1. The summed E-state index contributed by atoms with van der Waals surface area (Å²) in [6, 6.07) is 1.95. The molecule has 2 aliphatic carbocycles. The highest BCUT2D eigenvalue weighted by molar-refractivity contribution is 5.76. The number of hydrogen-bond acceptors (Lipinski definition) is 4. The van der Waals surface area contributed by atoms with Gasteiger partial charge in [0.2, 0.25) is 0 Å². The van der Waals surface area contributed by atoms with Crippen LogP contribution in [0.25, 0.3) is 5.65 Å². The van der Waals surface area contributed by atoms with Gasteiger partial charge in [-0.25, -0.2) is 4.98 Å². The van der Waals surface area contributed by atoms with Crippen LogP contribution >= 0.6 is 0 Å². The first-order valence-corrected chi connectivity index (χ1v) is 12.5. The van der Waals surface area contributed by atoms with Gasteiger partial charge in [-0.1, -0.05) is 6.92 Å². The van der Waals surface area contributed by atoms with Gasteiger partial charge in [0.1, 0.15) is 5.82 Å². The molecule has 0 unspecified atom stereocenters. The Morgan fingerprint density at radius 1 is 1.18 bits per heavy atom. The summed E-state index contributed by atoms with van der Waals surface area (Å²) in [7, 11) is 0. The molecule has 2 atom stereocenters. The summed E-state index contributed by atoms with van der Waals surface area (Å²) in [5.74, 6) is -0.775. The van der Waals surface area contributed by atoms with Crippen LogP contribution in [0.4, 0.5) is 19.0 Å². The predicted molar refractivity (Wildman–Crippen MR) is 122 cm³/mol. The number of aliphatic carboxylic acids is 1. The van der Waals surface area contributed by atoms with E-state index in [4.69, 9.17) is 10.1 Å². The molecule has 5 rings (SSSR count). The van der Waals surface area contributed by atoms with Crippen LogP contribution in [-0.2, 0) is 11.2 Å². The number of hydrogen-bond donors (Lipinski definition) is 1. The van der Waals surface area contributed by atoms with Crippen molar-refractivity contribution in [3.8, 4) is 0 Å². The zero-order chi connectivity index (χ0) is 24.3. The number of carboxylic acids is 1. The van der Waals surface area contributed by atoms with Crippen molar-refractivity contribution in [3.05, 3.63) is 23.0 Å². The first kappa shape index (κ1) is 23.4. The van der Waals surface area contributed by atoms with Gasteiger partial charge in [-0.3, -0.25) is 4.79 Å². The molecule has 0 bridgehead atoms. The highest BCUT2D eigenvalue weighted by atomic mass is 19.4.